The van der Waals surface area contributed by atoms with Gasteiger partial charge in [0.2, 0.25) is 0 Å². The van der Waals surface area contributed by atoms with Gasteiger partial charge in [-0.3, -0.25) is 4.90 Å². The minimum absolute atomic E-state index is 0.165. The monoisotopic (exact) mass is 388 g/mol. The molecule has 0 aliphatic rings. The van der Waals surface area contributed by atoms with Crippen molar-refractivity contribution in [3.8, 4) is 5.69 Å². The highest BCUT2D eigenvalue weighted by Crippen LogP contribution is 2.23. The molecule has 6 heteroatoms. The van der Waals surface area contributed by atoms with E-state index >= 15 is 0 Å². The highest BCUT2D eigenvalue weighted by molar-refractivity contribution is 9.10. The second-order valence-corrected chi connectivity index (χ2v) is 6.67. The van der Waals surface area contributed by atoms with Crippen LogP contribution in [0.1, 0.15) is 24.1 Å². The molecule has 3 aromatic rings. The second-order valence-electron chi connectivity index (χ2n) is 5.76. The molecule has 4 nitrogen and oxygen atoms in total. The van der Waals surface area contributed by atoms with E-state index in [1.807, 2.05) is 31.3 Å². The van der Waals surface area contributed by atoms with Crippen LogP contribution in [-0.2, 0) is 6.54 Å². The van der Waals surface area contributed by atoms with Crippen LogP contribution >= 0.6 is 15.9 Å². The van der Waals surface area contributed by atoms with Gasteiger partial charge >= 0.3 is 0 Å². The van der Waals surface area contributed by atoms with Crippen LogP contribution in [0, 0.1) is 5.82 Å². The first-order valence-electron chi connectivity index (χ1n) is 7.63. The van der Waals surface area contributed by atoms with E-state index in [1.54, 1.807) is 11.0 Å². The first kappa shape index (κ1) is 16.8. The lowest BCUT2D eigenvalue weighted by atomic mass is 10.1. The zero-order valence-electron chi connectivity index (χ0n) is 13.5. The third-order valence-electron chi connectivity index (χ3n) is 4.15. The Labute approximate surface area is 149 Å². The summed E-state index contributed by atoms with van der Waals surface area (Å²) in [5, 5.41) is 4.12. The summed E-state index contributed by atoms with van der Waals surface area (Å²) >= 11 is 3.29. The molecule has 0 aliphatic carbocycles. The summed E-state index contributed by atoms with van der Waals surface area (Å²) in [6.45, 7) is 2.66. The zero-order chi connectivity index (χ0) is 17.1. The maximum atomic E-state index is 14.0. The summed E-state index contributed by atoms with van der Waals surface area (Å²) in [6, 6.07) is 13.5. The molecule has 2 aromatic carbocycles. The van der Waals surface area contributed by atoms with E-state index in [4.69, 9.17) is 0 Å². The summed E-state index contributed by atoms with van der Waals surface area (Å²) in [5.41, 5.74) is 2.82. The summed E-state index contributed by atoms with van der Waals surface area (Å²) in [7, 11) is 2.00. The van der Waals surface area contributed by atoms with Gasteiger partial charge in [-0.05, 0) is 43.8 Å². The van der Waals surface area contributed by atoms with Crippen molar-refractivity contribution in [3.05, 3.63) is 76.5 Å². The van der Waals surface area contributed by atoms with E-state index in [-0.39, 0.29) is 11.9 Å². The second kappa shape index (κ2) is 7.23. The van der Waals surface area contributed by atoms with Crippen LogP contribution in [-0.4, -0.2) is 26.7 Å². The van der Waals surface area contributed by atoms with Crippen LogP contribution < -0.4 is 0 Å². The minimum atomic E-state index is -0.190. The third kappa shape index (κ3) is 3.71. The molecule has 24 heavy (non-hydrogen) atoms. The molecule has 0 aliphatic heterocycles. The predicted molar refractivity (Wildman–Crippen MR) is 95.3 cm³/mol. The highest BCUT2D eigenvalue weighted by Gasteiger charge is 2.14. The molecule has 0 amide bonds. The van der Waals surface area contributed by atoms with Gasteiger partial charge in [0.05, 0.1) is 5.69 Å². The lowest BCUT2D eigenvalue weighted by molar-refractivity contribution is 0.249. The van der Waals surface area contributed by atoms with Crippen molar-refractivity contribution in [2.45, 2.75) is 19.5 Å². The molecule has 3 rings (SSSR count). The maximum Gasteiger partial charge on any atom is 0.138 e. The molecule has 0 saturated carbocycles. The van der Waals surface area contributed by atoms with Gasteiger partial charge in [0.25, 0.3) is 0 Å². The Balaban J connectivity index is 1.72. The van der Waals surface area contributed by atoms with Crippen molar-refractivity contribution in [2.24, 2.45) is 0 Å². The van der Waals surface area contributed by atoms with Crippen LogP contribution in [0.4, 0.5) is 4.39 Å². The van der Waals surface area contributed by atoms with E-state index in [1.165, 1.54) is 18.0 Å². The SMILES string of the molecule is CC(c1ccc(-n2cncn2)cc1)N(C)Cc1ccc(Br)cc1F. The van der Waals surface area contributed by atoms with E-state index in [0.717, 1.165) is 10.2 Å². The van der Waals surface area contributed by atoms with Crippen LogP contribution in [0.25, 0.3) is 5.69 Å². The Bertz CT molecular complexity index is 802. The average Bonchev–Trinajstić information content (AvgIpc) is 3.11. The third-order valence-corrected chi connectivity index (χ3v) is 4.65. The van der Waals surface area contributed by atoms with Crippen molar-refractivity contribution in [1.29, 1.82) is 0 Å². The molecular formula is C18H18BrFN4. The number of hydrogen-bond donors (Lipinski definition) is 0. The molecule has 0 bridgehead atoms. The lowest BCUT2D eigenvalue weighted by Crippen LogP contribution is -2.22. The van der Waals surface area contributed by atoms with Crippen molar-refractivity contribution in [1.82, 2.24) is 19.7 Å². The van der Waals surface area contributed by atoms with Crippen molar-refractivity contribution < 1.29 is 4.39 Å². The molecule has 0 radical (unpaired) electrons. The Morgan fingerprint density at radius 3 is 2.58 bits per heavy atom. The standard InChI is InChI=1S/C18H18BrFN4/c1-13(23(2)10-15-3-6-16(19)9-18(15)20)14-4-7-17(8-5-14)24-12-21-11-22-24/h3-9,11-13H,10H2,1-2H3. The van der Waals surface area contributed by atoms with E-state index < -0.39 is 0 Å². The summed E-state index contributed by atoms with van der Waals surface area (Å²) in [5.74, 6) is -0.190. The van der Waals surface area contributed by atoms with Gasteiger partial charge < -0.3 is 0 Å². The van der Waals surface area contributed by atoms with Crippen molar-refractivity contribution in [2.75, 3.05) is 7.05 Å². The average molecular weight is 389 g/mol. The highest BCUT2D eigenvalue weighted by atomic mass is 79.9. The molecule has 1 atom stereocenters. The zero-order valence-corrected chi connectivity index (χ0v) is 15.1. The molecule has 1 unspecified atom stereocenters. The van der Waals surface area contributed by atoms with Gasteiger partial charge in [0, 0.05) is 22.6 Å². The fourth-order valence-corrected chi connectivity index (χ4v) is 2.89. The fraction of sp³-hybridized carbons (Fsp3) is 0.222. The molecular weight excluding hydrogens is 371 g/mol. The van der Waals surface area contributed by atoms with Crippen molar-refractivity contribution in [3.63, 3.8) is 0 Å². The molecule has 1 heterocycles. The first-order chi connectivity index (χ1) is 11.5. The quantitative estimate of drug-likeness (QED) is 0.650. The lowest BCUT2D eigenvalue weighted by Gasteiger charge is -2.25. The van der Waals surface area contributed by atoms with Crippen LogP contribution in [0.3, 0.4) is 0 Å². The topological polar surface area (TPSA) is 34.0 Å². The molecule has 0 saturated heterocycles. The Morgan fingerprint density at radius 1 is 1.21 bits per heavy atom. The van der Waals surface area contributed by atoms with Gasteiger partial charge in [-0.15, -0.1) is 0 Å². The largest absolute Gasteiger partial charge is 0.295 e. The fourth-order valence-electron chi connectivity index (χ4n) is 2.56. The summed E-state index contributed by atoms with van der Waals surface area (Å²) in [4.78, 5) is 6.07. The van der Waals surface area contributed by atoms with E-state index in [9.17, 15) is 4.39 Å². The Morgan fingerprint density at radius 2 is 1.96 bits per heavy atom. The summed E-state index contributed by atoms with van der Waals surface area (Å²) in [6.07, 6.45) is 3.18. The van der Waals surface area contributed by atoms with Crippen LogP contribution in [0.5, 0.6) is 0 Å². The van der Waals surface area contributed by atoms with Crippen LogP contribution in [0.15, 0.2) is 59.6 Å². The number of hydrogen-bond acceptors (Lipinski definition) is 3. The number of aromatic nitrogens is 3. The number of nitrogens with zero attached hydrogens (tertiary/aromatic N) is 4. The first-order valence-corrected chi connectivity index (χ1v) is 8.43. The Kier molecular flexibility index (Phi) is 5.06. The number of halogens is 2. The Hall–Kier alpha value is -2.05. The van der Waals surface area contributed by atoms with Gasteiger partial charge in [0.1, 0.15) is 18.5 Å². The van der Waals surface area contributed by atoms with Gasteiger partial charge in [-0.1, -0.05) is 34.1 Å². The van der Waals surface area contributed by atoms with Gasteiger partial charge in [0.15, 0.2) is 0 Å². The van der Waals surface area contributed by atoms with Gasteiger partial charge in [-0.25, -0.2) is 14.1 Å². The van der Waals surface area contributed by atoms with Crippen LogP contribution in [0.2, 0.25) is 0 Å². The molecule has 1 aromatic heterocycles. The van der Waals surface area contributed by atoms with E-state index in [2.05, 4.69) is 50.0 Å². The molecule has 0 fully saturated rings. The smallest absolute Gasteiger partial charge is 0.138 e. The molecule has 0 spiro atoms. The normalized spacial score (nSPS) is 12.5. The predicted octanol–water partition coefficient (Wildman–Crippen LogP) is 4.36. The molecule has 124 valence electrons. The molecule has 0 N–H and O–H groups in total. The maximum absolute atomic E-state index is 14.0. The number of benzene rings is 2. The van der Waals surface area contributed by atoms with Crippen molar-refractivity contribution >= 4 is 15.9 Å². The van der Waals surface area contributed by atoms with Gasteiger partial charge in [-0.2, -0.15) is 5.10 Å². The van der Waals surface area contributed by atoms with E-state index in [0.29, 0.717) is 12.1 Å². The minimum Gasteiger partial charge on any atom is -0.295 e. The number of rotatable bonds is 5. The summed E-state index contributed by atoms with van der Waals surface area (Å²) < 4.78 is 16.5.